The van der Waals surface area contributed by atoms with E-state index in [1.807, 2.05) is 22.8 Å². The molecule has 1 aliphatic rings. The summed E-state index contributed by atoms with van der Waals surface area (Å²) in [6.45, 7) is 4.63. The molecular weight excluding hydrogens is 219 g/mol. The van der Waals surface area contributed by atoms with Crippen LogP contribution in [0.15, 0.2) is 24.3 Å². The first kappa shape index (κ1) is 11.9. The molecule has 1 aromatic carbocycles. The molecular formula is C13H17FN2O. The number of piperazine rings is 1. The molecule has 1 aliphatic heterocycles. The normalized spacial score (nSPS) is 16.1. The lowest BCUT2D eigenvalue weighted by atomic mass is 10.2. The predicted molar refractivity (Wildman–Crippen MR) is 65.5 cm³/mol. The Labute approximate surface area is 101 Å². The summed E-state index contributed by atoms with van der Waals surface area (Å²) in [7, 11) is 0. The third-order valence-corrected chi connectivity index (χ3v) is 3.13. The molecule has 1 fully saturated rings. The van der Waals surface area contributed by atoms with Crippen molar-refractivity contribution in [3.05, 3.63) is 30.1 Å². The van der Waals surface area contributed by atoms with Crippen LogP contribution in [0.3, 0.4) is 0 Å². The Balaban J connectivity index is 2.00. The zero-order valence-corrected chi connectivity index (χ0v) is 10.0. The van der Waals surface area contributed by atoms with Gasteiger partial charge in [-0.1, -0.05) is 19.1 Å². The van der Waals surface area contributed by atoms with Gasteiger partial charge in [0.25, 0.3) is 0 Å². The lowest BCUT2D eigenvalue weighted by molar-refractivity contribution is -0.131. The third kappa shape index (κ3) is 2.57. The van der Waals surface area contributed by atoms with Crippen molar-refractivity contribution in [1.82, 2.24) is 4.90 Å². The average Bonchev–Trinajstić information content (AvgIpc) is 2.39. The average molecular weight is 236 g/mol. The Bertz CT molecular complexity index is 400. The van der Waals surface area contributed by atoms with E-state index in [0.717, 1.165) is 0 Å². The van der Waals surface area contributed by atoms with Crippen LogP contribution in [0.25, 0.3) is 0 Å². The molecule has 0 aliphatic carbocycles. The van der Waals surface area contributed by atoms with E-state index < -0.39 is 0 Å². The van der Waals surface area contributed by atoms with Crippen molar-refractivity contribution < 1.29 is 9.18 Å². The molecule has 1 saturated heterocycles. The Morgan fingerprint density at radius 3 is 2.47 bits per heavy atom. The van der Waals surface area contributed by atoms with Crippen molar-refractivity contribution in [3.63, 3.8) is 0 Å². The first-order valence-corrected chi connectivity index (χ1v) is 5.99. The number of nitrogens with zero attached hydrogens (tertiary/aromatic N) is 2. The van der Waals surface area contributed by atoms with Gasteiger partial charge in [-0.15, -0.1) is 0 Å². The summed E-state index contributed by atoms with van der Waals surface area (Å²) in [6.07, 6.45) is 0.541. The molecule has 0 unspecified atom stereocenters. The molecule has 1 aromatic rings. The summed E-state index contributed by atoms with van der Waals surface area (Å²) in [5, 5.41) is 0. The quantitative estimate of drug-likeness (QED) is 0.782. The van der Waals surface area contributed by atoms with Gasteiger partial charge in [0.1, 0.15) is 5.82 Å². The zero-order valence-electron chi connectivity index (χ0n) is 10.0. The molecule has 0 saturated carbocycles. The number of benzene rings is 1. The number of hydrogen-bond donors (Lipinski definition) is 0. The molecule has 2 rings (SSSR count). The second kappa shape index (κ2) is 5.17. The summed E-state index contributed by atoms with van der Waals surface area (Å²) >= 11 is 0. The SMILES string of the molecule is CCC(=O)N1CCN(c2ccccc2F)CC1. The molecule has 17 heavy (non-hydrogen) atoms. The summed E-state index contributed by atoms with van der Waals surface area (Å²) in [5.74, 6) is -0.0130. The first-order valence-electron chi connectivity index (χ1n) is 5.99. The summed E-state index contributed by atoms with van der Waals surface area (Å²) in [6, 6.07) is 6.78. The van der Waals surface area contributed by atoms with Crippen molar-refractivity contribution in [2.24, 2.45) is 0 Å². The molecule has 0 aromatic heterocycles. The minimum absolute atomic E-state index is 0.179. The van der Waals surface area contributed by atoms with Crippen LogP contribution in [0.4, 0.5) is 10.1 Å². The maximum Gasteiger partial charge on any atom is 0.222 e. The fourth-order valence-corrected chi connectivity index (χ4v) is 2.13. The first-order chi connectivity index (χ1) is 8.22. The Hall–Kier alpha value is -1.58. The maximum absolute atomic E-state index is 13.6. The van der Waals surface area contributed by atoms with E-state index in [4.69, 9.17) is 0 Å². The van der Waals surface area contributed by atoms with Gasteiger partial charge in [-0.3, -0.25) is 4.79 Å². The van der Waals surface area contributed by atoms with Crippen LogP contribution < -0.4 is 4.90 Å². The summed E-state index contributed by atoms with van der Waals surface area (Å²) in [4.78, 5) is 15.3. The van der Waals surface area contributed by atoms with E-state index in [1.54, 1.807) is 12.1 Å². The predicted octanol–water partition coefficient (Wildman–Crippen LogP) is 1.88. The highest BCUT2D eigenvalue weighted by atomic mass is 19.1. The van der Waals surface area contributed by atoms with Gasteiger partial charge in [0, 0.05) is 32.6 Å². The van der Waals surface area contributed by atoms with E-state index in [1.165, 1.54) is 6.07 Å². The molecule has 0 N–H and O–H groups in total. The van der Waals surface area contributed by atoms with Crippen LogP contribution in [0.2, 0.25) is 0 Å². The molecule has 1 heterocycles. The second-order valence-corrected chi connectivity index (χ2v) is 4.17. The fourth-order valence-electron chi connectivity index (χ4n) is 2.13. The lowest BCUT2D eigenvalue weighted by Crippen LogP contribution is -2.48. The smallest absolute Gasteiger partial charge is 0.222 e. The Morgan fingerprint density at radius 1 is 1.24 bits per heavy atom. The number of hydrogen-bond acceptors (Lipinski definition) is 2. The molecule has 1 amide bonds. The van der Waals surface area contributed by atoms with Gasteiger partial charge in [0.15, 0.2) is 0 Å². The van der Waals surface area contributed by atoms with Crippen LogP contribution in [0.5, 0.6) is 0 Å². The molecule has 3 nitrogen and oxygen atoms in total. The van der Waals surface area contributed by atoms with Crippen LogP contribution in [0.1, 0.15) is 13.3 Å². The van der Waals surface area contributed by atoms with E-state index >= 15 is 0 Å². The van der Waals surface area contributed by atoms with Crippen molar-refractivity contribution >= 4 is 11.6 Å². The topological polar surface area (TPSA) is 23.6 Å². The molecule has 0 bridgehead atoms. The van der Waals surface area contributed by atoms with E-state index in [-0.39, 0.29) is 11.7 Å². The highest BCUT2D eigenvalue weighted by molar-refractivity contribution is 5.76. The van der Waals surface area contributed by atoms with Gasteiger partial charge in [-0.05, 0) is 12.1 Å². The van der Waals surface area contributed by atoms with Gasteiger partial charge in [-0.2, -0.15) is 0 Å². The van der Waals surface area contributed by atoms with Crippen molar-refractivity contribution in [3.8, 4) is 0 Å². The van der Waals surface area contributed by atoms with Gasteiger partial charge >= 0.3 is 0 Å². The van der Waals surface area contributed by atoms with E-state index in [9.17, 15) is 9.18 Å². The van der Waals surface area contributed by atoms with Crippen LogP contribution >= 0.6 is 0 Å². The van der Waals surface area contributed by atoms with E-state index in [2.05, 4.69) is 0 Å². The Kier molecular flexibility index (Phi) is 3.61. The Morgan fingerprint density at radius 2 is 1.88 bits per heavy atom. The van der Waals surface area contributed by atoms with E-state index in [0.29, 0.717) is 38.3 Å². The highest BCUT2D eigenvalue weighted by Crippen LogP contribution is 2.20. The molecule has 4 heteroatoms. The number of para-hydroxylation sites is 1. The maximum atomic E-state index is 13.6. The molecule has 0 radical (unpaired) electrons. The summed E-state index contributed by atoms with van der Waals surface area (Å²) in [5.41, 5.74) is 0.635. The van der Waals surface area contributed by atoms with Crippen molar-refractivity contribution in [2.75, 3.05) is 31.1 Å². The van der Waals surface area contributed by atoms with Crippen LogP contribution in [-0.4, -0.2) is 37.0 Å². The number of anilines is 1. The highest BCUT2D eigenvalue weighted by Gasteiger charge is 2.21. The summed E-state index contributed by atoms with van der Waals surface area (Å²) < 4.78 is 13.6. The molecule has 0 atom stereocenters. The second-order valence-electron chi connectivity index (χ2n) is 4.17. The number of carbonyl (C=O) groups excluding carboxylic acids is 1. The van der Waals surface area contributed by atoms with Crippen LogP contribution in [-0.2, 0) is 4.79 Å². The largest absolute Gasteiger partial charge is 0.366 e. The fraction of sp³-hybridized carbons (Fsp3) is 0.462. The lowest BCUT2D eigenvalue weighted by Gasteiger charge is -2.36. The van der Waals surface area contributed by atoms with Gasteiger partial charge < -0.3 is 9.80 Å². The molecule has 92 valence electrons. The number of carbonyl (C=O) groups is 1. The van der Waals surface area contributed by atoms with Crippen molar-refractivity contribution in [2.45, 2.75) is 13.3 Å². The third-order valence-electron chi connectivity index (χ3n) is 3.13. The molecule has 0 spiro atoms. The van der Waals surface area contributed by atoms with Crippen molar-refractivity contribution in [1.29, 1.82) is 0 Å². The standard InChI is InChI=1S/C13H17FN2O/c1-2-13(17)16-9-7-15(8-10-16)12-6-4-3-5-11(12)14/h3-6H,2,7-10H2,1H3. The monoisotopic (exact) mass is 236 g/mol. The number of halogens is 1. The number of rotatable bonds is 2. The minimum Gasteiger partial charge on any atom is -0.366 e. The van der Waals surface area contributed by atoms with Gasteiger partial charge in [0.2, 0.25) is 5.91 Å². The zero-order chi connectivity index (χ0) is 12.3. The van der Waals surface area contributed by atoms with Gasteiger partial charge in [0.05, 0.1) is 5.69 Å². The minimum atomic E-state index is -0.192. The van der Waals surface area contributed by atoms with Crippen LogP contribution in [0, 0.1) is 5.82 Å². The van der Waals surface area contributed by atoms with Gasteiger partial charge in [-0.25, -0.2) is 4.39 Å². The number of amides is 1.